The lowest BCUT2D eigenvalue weighted by molar-refractivity contribution is -0.115. The zero-order valence-electron chi connectivity index (χ0n) is 23.1. The highest BCUT2D eigenvalue weighted by atomic mass is 79.9. The molecular weight excluding hydrogens is 614 g/mol. The summed E-state index contributed by atoms with van der Waals surface area (Å²) in [7, 11) is 0. The van der Waals surface area contributed by atoms with Gasteiger partial charge in [0.15, 0.2) is 0 Å². The molecule has 0 saturated heterocycles. The van der Waals surface area contributed by atoms with Gasteiger partial charge in [0.1, 0.15) is 11.4 Å². The third-order valence-electron chi connectivity index (χ3n) is 5.90. The molecular formula is C33H30BrN3O4S. The maximum Gasteiger partial charge on any atom is 0.272 e. The third kappa shape index (κ3) is 9.09. The Morgan fingerprint density at radius 2 is 1.60 bits per heavy atom. The molecule has 0 heterocycles. The Balaban J connectivity index is 1.45. The maximum absolute atomic E-state index is 13.4. The number of hydrogen-bond acceptors (Lipinski definition) is 5. The highest BCUT2D eigenvalue weighted by Crippen LogP contribution is 2.27. The predicted octanol–water partition coefficient (Wildman–Crippen LogP) is 7.38. The van der Waals surface area contributed by atoms with E-state index >= 15 is 0 Å². The average Bonchev–Trinajstić information content (AvgIpc) is 2.98. The van der Waals surface area contributed by atoms with Crippen molar-refractivity contribution in [1.29, 1.82) is 0 Å². The molecule has 0 fully saturated rings. The first kappa shape index (κ1) is 30.6. The zero-order valence-corrected chi connectivity index (χ0v) is 25.5. The monoisotopic (exact) mass is 643 g/mol. The summed E-state index contributed by atoms with van der Waals surface area (Å²) in [6.45, 7) is 4.31. The lowest BCUT2D eigenvalue weighted by Gasteiger charge is -2.14. The Kier molecular flexibility index (Phi) is 11.0. The van der Waals surface area contributed by atoms with Crippen LogP contribution in [0.15, 0.2) is 118 Å². The minimum absolute atomic E-state index is 0.0862. The SMILES string of the molecule is CCOc1ccc(NC(=O)C(C)Sc2cccc(NC(=O)/C(=C\c3cccc(Br)c3)NC(=O)c3ccccc3)c2)cc1. The molecule has 3 amide bonds. The van der Waals surface area contributed by atoms with Crippen LogP contribution in [0.1, 0.15) is 29.8 Å². The van der Waals surface area contributed by atoms with E-state index in [0.717, 1.165) is 20.7 Å². The van der Waals surface area contributed by atoms with E-state index in [1.807, 2.05) is 62.4 Å². The van der Waals surface area contributed by atoms with Gasteiger partial charge in [0.2, 0.25) is 5.91 Å². The van der Waals surface area contributed by atoms with Gasteiger partial charge in [0.05, 0.1) is 11.9 Å². The third-order valence-corrected chi connectivity index (χ3v) is 7.48. The topological polar surface area (TPSA) is 96.5 Å². The van der Waals surface area contributed by atoms with Gasteiger partial charge >= 0.3 is 0 Å². The van der Waals surface area contributed by atoms with Crippen LogP contribution in [-0.2, 0) is 9.59 Å². The van der Waals surface area contributed by atoms with E-state index in [0.29, 0.717) is 23.5 Å². The molecule has 7 nitrogen and oxygen atoms in total. The first-order chi connectivity index (χ1) is 20.3. The van der Waals surface area contributed by atoms with Crippen molar-refractivity contribution in [3.63, 3.8) is 0 Å². The number of nitrogens with one attached hydrogen (secondary N) is 3. The fourth-order valence-corrected chi connectivity index (χ4v) is 5.20. The second kappa shape index (κ2) is 15.0. The second-order valence-corrected chi connectivity index (χ2v) is 11.5. The summed E-state index contributed by atoms with van der Waals surface area (Å²) in [6, 6.07) is 30.5. The van der Waals surface area contributed by atoms with Gasteiger partial charge in [-0.3, -0.25) is 14.4 Å². The van der Waals surface area contributed by atoms with Crippen LogP contribution in [0.2, 0.25) is 0 Å². The summed E-state index contributed by atoms with van der Waals surface area (Å²) in [5.41, 5.74) is 2.46. The van der Waals surface area contributed by atoms with Crippen molar-refractivity contribution < 1.29 is 19.1 Å². The quantitative estimate of drug-likeness (QED) is 0.117. The second-order valence-electron chi connectivity index (χ2n) is 9.12. The van der Waals surface area contributed by atoms with Crippen LogP contribution >= 0.6 is 27.7 Å². The Labute approximate surface area is 257 Å². The molecule has 3 N–H and O–H groups in total. The summed E-state index contributed by atoms with van der Waals surface area (Å²) in [5.74, 6) is -0.293. The summed E-state index contributed by atoms with van der Waals surface area (Å²) in [5, 5.41) is 8.13. The zero-order chi connectivity index (χ0) is 29.9. The van der Waals surface area contributed by atoms with Crippen molar-refractivity contribution >= 4 is 62.9 Å². The number of carbonyl (C=O) groups is 3. The van der Waals surface area contributed by atoms with Crippen LogP contribution < -0.4 is 20.7 Å². The molecule has 4 rings (SSSR count). The van der Waals surface area contributed by atoms with Crippen LogP contribution in [0.3, 0.4) is 0 Å². The van der Waals surface area contributed by atoms with E-state index in [4.69, 9.17) is 4.74 Å². The summed E-state index contributed by atoms with van der Waals surface area (Å²) < 4.78 is 6.29. The number of benzene rings is 4. The smallest absolute Gasteiger partial charge is 0.272 e. The molecule has 0 aromatic heterocycles. The Morgan fingerprint density at radius 1 is 0.857 bits per heavy atom. The van der Waals surface area contributed by atoms with Gasteiger partial charge < -0.3 is 20.7 Å². The molecule has 1 unspecified atom stereocenters. The number of rotatable bonds is 11. The molecule has 9 heteroatoms. The van der Waals surface area contributed by atoms with Crippen LogP contribution in [0.25, 0.3) is 6.08 Å². The van der Waals surface area contributed by atoms with Crippen molar-refractivity contribution in [3.05, 3.63) is 124 Å². The molecule has 4 aromatic rings. The average molecular weight is 645 g/mol. The molecule has 0 bridgehead atoms. The van der Waals surface area contributed by atoms with E-state index in [1.165, 1.54) is 11.8 Å². The van der Waals surface area contributed by atoms with Crippen LogP contribution in [0, 0.1) is 0 Å². The van der Waals surface area contributed by atoms with Crippen molar-refractivity contribution in [1.82, 2.24) is 5.32 Å². The summed E-state index contributed by atoms with van der Waals surface area (Å²) in [4.78, 5) is 39.9. The molecule has 4 aromatic carbocycles. The molecule has 0 aliphatic rings. The Bertz CT molecular complexity index is 1580. The first-order valence-electron chi connectivity index (χ1n) is 13.3. The number of amides is 3. The number of ether oxygens (including phenoxy) is 1. The molecule has 0 saturated carbocycles. The highest BCUT2D eigenvalue weighted by molar-refractivity contribution is 9.10. The van der Waals surface area contributed by atoms with Crippen molar-refractivity contribution in [3.8, 4) is 5.75 Å². The maximum atomic E-state index is 13.4. The first-order valence-corrected chi connectivity index (χ1v) is 14.9. The van der Waals surface area contributed by atoms with E-state index in [-0.39, 0.29) is 11.6 Å². The van der Waals surface area contributed by atoms with Crippen LogP contribution in [-0.4, -0.2) is 29.6 Å². The molecule has 0 spiro atoms. The van der Waals surface area contributed by atoms with E-state index in [1.54, 1.807) is 60.7 Å². The Hall–Kier alpha value is -4.34. The predicted molar refractivity (Wildman–Crippen MR) is 173 cm³/mol. The van der Waals surface area contributed by atoms with Crippen molar-refractivity contribution in [2.45, 2.75) is 24.0 Å². The van der Waals surface area contributed by atoms with E-state index in [2.05, 4.69) is 31.9 Å². The van der Waals surface area contributed by atoms with Gasteiger partial charge in [0.25, 0.3) is 11.8 Å². The molecule has 0 aliphatic carbocycles. The number of hydrogen-bond donors (Lipinski definition) is 3. The molecule has 214 valence electrons. The number of carbonyl (C=O) groups excluding carboxylic acids is 3. The molecule has 42 heavy (non-hydrogen) atoms. The molecule has 0 radical (unpaired) electrons. The number of thioether (sulfide) groups is 1. The van der Waals surface area contributed by atoms with E-state index in [9.17, 15) is 14.4 Å². The van der Waals surface area contributed by atoms with Crippen LogP contribution in [0.5, 0.6) is 5.75 Å². The van der Waals surface area contributed by atoms with Gasteiger partial charge in [-0.2, -0.15) is 0 Å². The Morgan fingerprint density at radius 3 is 2.31 bits per heavy atom. The number of anilines is 2. The van der Waals surface area contributed by atoms with Gasteiger partial charge in [-0.25, -0.2) is 0 Å². The summed E-state index contributed by atoms with van der Waals surface area (Å²) >= 11 is 4.81. The van der Waals surface area contributed by atoms with Crippen molar-refractivity contribution in [2.24, 2.45) is 0 Å². The normalized spacial score (nSPS) is 11.7. The largest absolute Gasteiger partial charge is 0.494 e. The molecule has 0 aliphatic heterocycles. The van der Waals surface area contributed by atoms with Crippen LogP contribution in [0.4, 0.5) is 11.4 Å². The lowest BCUT2D eigenvalue weighted by atomic mass is 10.1. The molecule has 1 atom stereocenters. The fourth-order valence-electron chi connectivity index (χ4n) is 3.85. The standard InChI is InChI=1S/C33H30BrN3O4S/c1-3-41-28-17-15-26(16-18-28)35-31(38)22(2)42-29-14-8-13-27(21-29)36-33(40)30(20-23-9-7-12-25(34)19-23)37-32(39)24-10-5-4-6-11-24/h4-22H,3H2,1-2H3,(H,35,38)(H,36,40)(H,37,39)/b30-20+. The minimum atomic E-state index is -0.484. The van der Waals surface area contributed by atoms with E-state index < -0.39 is 17.1 Å². The summed E-state index contributed by atoms with van der Waals surface area (Å²) in [6.07, 6.45) is 1.62. The van der Waals surface area contributed by atoms with Gasteiger partial charge in [-0.05, 0) is 92.2 Å². The van der Waals surface area contributed by atoms with Crippen molar-refractivity contribution in [2.75, 3.05) is 17.2 Å². The fraction of sp³-hybridized carbons (Fsp3) is 0.121. The highest BCUT2D eigenvalue weighted by Gasteiger charge is 2.17. The lowest BCUT2D eigenvalue weighted by Crippen LogP contribution is -2.30. The van der Waals surface area contributed by atoms with Gasteiger partial charge in [-0.1, -0.05) is 52.3 Å². The van der Waals surface area contributed by atoms with Gasteiger partial charge in [-0.15, -0.1) is 11.8 Å². The number of halogens is 1. The minimum Gasteiger partial charge on any atom is -0.494 e. The van der Waals surface area contributed by atoms with Gasteiger partial charge in [0, 0.05) is 26.3 Å².